The van der Waals surface area contributed by atoms with Crippen LogP contribution in [0.4, 0.5) is 0 Å². The van der Waals surface area contributed by atoms with Gasteiger partial charge in [-0.1, -0.05) is 0 Å². The minimum absolute atomic E-state index is 0. The predicted molar refractivity (Wildman–Crippen MR) is 33.8 cm³/mol. The van der Waals surface area contributed by atoms with Crippen molar-refractivity contribution >= 4 is 32.9 Å². The Kier molecular flexibility index (Phi) is 218. The summed E-state index contributed by atoms with van der Waals surface area (Å²) in [5.74, 6) is 0. The number of hydrogen-bond donors (Lipinski definition) is 2. The van der Waals surface area contributed by atoms with Gasteiger partial charge in [0.15, 0.2) is 0 Å². The zero-order valence-electron chi connectivity index (χ0n) is 5.76. The van der Waals surface area contributed by atoms with Gasteiger partial charge in [0.25, 0.3) is 12.9 Å². The van der Waals surface area contributed by atoms with E-state index < -0.39 is 6.47 Å². The fourth-order valence-corrected chi connectivity index (χ4v) is 0. The van der Waals surface area contributed by atoms with Crippen LogP contribution < -0.4 is 56.5 Å². The first-order valence-corrected chi connectivity index (χ1v) is 1.46. The SMILES string of the molecule is O=CO.O=CO.O=C[O-].S.[K+]. The summed E-state index contributed by atoms with van der Waals surface area (Å²) in [5, 5.41) is 22.0. The van der Waals surface area contributed by atoms with Gasteiger partial charge in [-0.05, 0) is 0 Å². The van der Waals surface area contributed by atoms with E-state index in [2.05, 4.69) is 0 Å². The molecule has 2 N–H and O–H groups in total. The Morgan fingerprint density at radius 1 is 1.00 bits per heavy atom. The van der Waals surface area contributed by atoms with Crippen LogP contribution in [0.25, 0.3) is 0 Å². The van der Waals surface area contributed by atoms with Gasteiger partial charge < -0.3 is 20.1 Å². The largest absolute Gasteiger partial charge is 1.00 e. The number of carbonyl (C=O) groups excluding carboxylic acids is 1. The van der Waals surface area contributed by atoms with Gasteiger partial charge in [0, 0.05) is 6.47 Å². The Labute approximate surface area is 112 Å². The molecule has 0 rings (SSSR count). The smallest absolute Gasteiger partial charge is 0.554 e. The first kappa shape index (κ1) is 30.1. The van der Waals surface area contributed by atoms with Crippen molar-refractivity contribution < 1.29 is 81.1 Å². The van der Waals surface area contributed by atoms with Crippen LogP contribution in [0.3, 0.4) is 0 Å². The van der Waals surface area contributed by atoms with E-state index in [-0.39, 0.29) is 77.8 Å². The van der Waals surface area contributed by atoms with E-state index >= 15 is 0 Å². The molecule has 0 bridgehead atoms. The third kappa shape index (κ3) is 4670. The Morgan fingerprint density at radius 3 is 1.00 bits per heavy atom. The second-order valence-electron chi connectivity index (χ2n) is 0.307. The molecule has 0 heterocycles. The molecule has 0 aromatic carbocycles. The molecule has 0 unspecified atom stereocenters. The van der Waals surface area contributed by atoms with Crippen LogP contribution in [0.15, 0.2) is 0 Å². The average Bonchev–Trinajstić information content (AvgIpc) is 1.70. The average molecular weight is 210 g/mol. The van der Waals surface area contributed by atoms with Crippen molar-refractivity contribution in [1.29, 1.82) is 0 Å². The molecule has 0 radical (unpaired) electrons. The zero-order valence-corrected chi connectivity index (χ0v) is 9.88. The molecule has 62 valence electrons. The first-order valence-electron chi connectivity index (χ1n) is 1.46. The minimum Gasteiger partial charge on any atom is -0.554 e. The molecular formula is C3H7KO6S. The van der Waals surface area contributed by atoms with Crippen LogP contribution >= 0.6 is 13.5 Å². The molecule has 8 heteroatoms. The van der Waals surface area contributed by atoms with Crippen molar-refractivity contribution in [1.82, 2.24) is 0 Å². The first-order chi connectivity index (χ1) is 4.24. The van der Waals surface area contributed by atoms with Gasteiger partial charge in [0.1, 0.15) is 0 Å². The summed E-state index contributed by atoms with van der Waals surface area (Å²) < 4.78 is 0. The molecular weight excluding hydrogens is 203 g/mol. The Balaban J connectivity index is -0.0000000150. The molecule has 0 atom stereocenters. The monoisotopic (exact) mass is 210 g/mol. The number of carbonyl (C=O) groups is 3. The van der Waals surface area contributed by atoms with Crippen molar-refractivity contribution in [3.05, 3.63) is 0 Å². The number of rotatable bonds is 0. The zero-order chi connectivity index (χ0) is 8.12. The summed E-state index contributed by atoms with van der Waals surface area (Å²) in [6, 6.07) is 0. The topological polar surface area (TPSA) is 115 Å². The second-order valence-corrected chi connectivity index (χ2v) is 0.307. The third-order valence-electron chi connectivity index (χ3n) is 0. The maximum Gasteiger partial charge on any atom is 1.00 e. The molecule has 6 nitrogen and oxygen atoms in total. The molecule has 11 heavy (non-hydrogen) atoms. The molecule has 0 aliphatic rings. The van der Waals surface area contributed by atoms with E-state index in [0.717, 1.165) is 0 Å². The minimum atomic E-state index is -0.500. The summed E-state index contributed by atoms with van der Waals surface area (Å²) in [7, 11) is 0. The van der Waals surface area contributed by atoms with E-state index in [0.29, 0.717) is 0 Å². The maximum absolute atomic E-state index is 8.36. The molecule has 0 aliphatic heterocycles. The molecule has 0 spiro atoms. The molecule has 0 saturated carbocycles. The van der Waals surface area contributed by atoms with E-state index in [4.69, 9.17) is 29.7 Å². The summed E-state index contributed by atoms with van der Waals surface area (Å²) >= 11 is 0. The van der Waals surface area contributed by atoms with Crippen molar-refractivity contribution in [3.63, 3.8) is 0 Å². The number of hydrogen-bond acceptors (Lipinski definition) is 4. The van der Waals surface area contributed by atoms with Crippen LogP contribution in [0.5, 0.6) is 0 Å². The quantitative estimate of drug-likeness (QED) is 0.305. The van der Waals surface area contributed by atoms with Gasteiger partial charge in [0.2, 0.25) is 0 Å². The summed E-state index contributed by atoms with van der Waals surface area (Å²) in [4.78, 5) is 25.0. The molecule has 0 aromatic rings. The van der Waals surface area contributed by atoms with Crippen molar-refractivity contribution in [3.8, 4) is 0 Å². The van der Waals surface area contributed by atoms with Crippen molar-refractivity contribution in [2.75, 3.05) is 0 Å². The van der Waals surface area contributed by atoms with Crippen LogP contribution in [-0.2, 0) is 14.4 Å². The molecule has 0 amide bonds. The van der Waals surface area contributed by atoms with Gasteiger partial charge in [0.05, 0.1) is 0 Å². The van der Waals surface area contributed by atoms with Gasteiger partial charge in [-0.2, -0.15) is 13.5 Å². The van der Waals surface area contributed by atoms with Crippen molar-refractivity contribution in [2.45, 2.75) is 0 Å². The molecule has 0 saturated heterocycles. The Bertz CT molecular complexity index is 54.6. The van der Waals surface area contributed by atoms with Gasteiger partial charge >= 0.3 is 51.4 Å². The summed E-state index contributed by atoms with van der Waals surface area (Å²) in [5.41, 5.74) is 0. The van der Waals surface area contributed by atoms with E-state index in [1.807, 2.05) is 0 Å². The maximum atomic E-state index is 8.36. The summed E-state index contributed by atoms with van der Waals surface area (Å²) in [6.07, 6.45) is 0. The second kappa shape index (κ2) is 79.6. The van der Waals surface area contributed by atoms with E-state index in [9.17, 15) is 0 Å². The van der Waals surface area contributed by atoms with E-state index in [1.54, 1.807) is 0 Å². The van der Waals surface area contributed by atoms with Gasteiger partial charge in [-0.25, -0.2) is 0 Å². The van der Waals surface area contributed by atoms with Crippen LogP contribution in [0, 0.1) is 0 Å². The van der Waals surface area contributed by atoms with Gasteiger partial charge in [-0.15, -0.1) is 0 Å². The van der Waals surface area contributed by atoms with E-state index in [1.165, 1.54) is 0 Å². The molecule has 0 aromatic heterocycles. The fraction of sp³-hybridized carbons (Fsp3) is 0. The van der Waals surface area contributed by atoms with Crippen LogP contribution in [-0.4, -0.2) is 29.6 Å². The third-order valence-corrected chi connectivity index (χ3v) is 0. The van der Waals surface area contributed by atoms with Crippen LogP contribution in [0.1, 0.15) is 0 Å². The number of carboxylic acid groups (broad SMARTS) is 3. The van der Waals surface area contributed by atoms with Crippen LogP contribution in [0.2, 0.25) is 0 Å². The fourth-order valence-electron chi connectivity index (χ4n) is 0. The standard InChI is InChI=1S/3CH2O2.K.H2S/c3*2-1-3;;/h3*1H,(H,2,3);;1H2/q;;;+1;/p-1. The Morgan fingerprint density at radius 2 is 1.00 bits per heavy atom. The molecule has 0 aliphatic carbocycles. The predicted octanol–water partition coefficient (Wildman–Crippen LogP) is -5.12. The van der Waals surface area contributed by atoms with Crippen molar-refractivity contribution in [2.24, 2.45) is 0 Å². The summed E-state index contributed by atoms with van der Waals surface area (Å²) in [6.45, 7) is -1.00. The normalized spacial score (nSPS) is 3.27. The van der Waals surface area contributed by atoms with Gasteiger partial charge in [-0.3, -0.25) is 9.59 Å². The molecule has 0 fully saturated rings. The Hall–Kier alpha value is 0.396.